The van der Waals surface area contributed by atoms with Gasteiger partial charge in [-0.15, -0.1) is 0 Å². The van der Waals surface area contributed by atoms with E-state index >= 15 is 0 Å². The van der Waals surface area contributed by atoms with E-state index in [2.05, 4.69) is 9.97 Å². The molecular weight excluding hydrogens is 218 g/mol. The number of nitrogens with zero attached hydrogens (tertiary/aromatic N) is 3. The van der Waals surface area contributed by atoms with Crippen molar-refractivity contribution in [2.75, 3.05) is 0 Å². The summed E-state index contributed by atoms with van der Waals surface area (Å²) in [5.41, 5.74) is 1.88. The first-order valence-electron chi connectivity index (χ1n) is 5.52. The van der Waals surface area contributed by atoms with Crippen molar-refractivity contribution in [3.63, 3.8) is 0 Å². The zero-order chi connectivity index (χ0) is 13.2. The topological polar surface area (TPSA) is 72.1 Å². The Balaban J connectivity index is 3.21. The maximum atomic E-state index is 11.8. The predicted octanol–water partition coefficient (Wildman–Crippen LogP) is 1.31. The fourth-order valence-corrected chi connectivity index (χ4v) is 1.24. The van der Waals surface area contributed by atoms with E-state index in [1.807, 2.05) is 20.8 Å². The molecule has 1 rings (SSSR count). The van der Waals surface area contributed by atoms with E-state index in [0.29, 0.717) is 22.8 Å². The molecular formula is C12H19N3O2. The molecule has 0 aliphatic carbocycles. The summed E-state index contributed by atoms with van der Waals surface area (Å²) in [5.74, 6) is 0. The molecule has 1 aromatic heterocycles. The molecule has 0 amide bonds. The molecule has 5 nitrogen and oxygen atoms in total. The smallest absolute Gasteiger partial charge is 0.202 e. The van der Waals surface area contributed by atoms with Crippen LogP contribution >= 0.6 is 0 Å². The summed E-state index contributed by atoms with van der Waals surface area (Å²) in [7, 11) is 0. The number of aliphatic hydroxyl groups is 1. The first-order chi connectivity index (χ1) is 7.75. The highest BCUT2D eigenvalue weighted by Crippen LogP contribution is 2.09. The minimum atomic E-state index is -0.502. The van der Waals surface area contributed by atoms with E-state index in [1.54, 1.807) is 13.8 Å². The summed E-state index contributed by atoms with van der Waals surface area (Å²) in [6.07, 6.45) is 1.44. The normalized spacial score (nSPS) is 12.9. The Morgan fingerprint density at radius 1 is 1.24 bits per heavy atom. The van der Waals surface area contributed by atoms with Crippen LogP contribution in [0.4, 0.5) is 0 Å². The number of aromatic nitrogens is 2. The van der Waals surface area contributed by atoms with Crippen LogP contribution in [0.25, 0.3) is 0 Å². The number of hydrogen-bond donors (Lipinski definition) is 1. The molecule has 94 valence electrons. The van der Waals surface area contributed by atoms with Crippen LogP contribution in [0, 0.1) is 19.1 Å². The van der Waals surface area contributed by atoms with Gasteiger partial charge in [0.15, 0.2) is 5.54 Å². The van der Waals surface area contributed by atoms with Gasteiger partial charge in [0.05, 0.1) is 23.7 Å². The van der Waals surface area contributed by atoms with Gasteiger partial charge in [-0.2, -0.15) is 0 Å². The van der Waals surface area contributed by atoms with Crippen LogP contribution in [0.5, 0.6) is 0 Å². The fraction of sp³-hybridized carbons (Fsp3) is 0.583. The second-order valence-electron chi connectivity index (χ2n) is 5.01. The van der Waals surface area contributed by atoms with Crippen LogP contribution in [0.15, 0.2) is 0 Å². The van der Waals surface area contributed by atoms with Gasteiger partial charge in [0.1, 0.15) is 5.69 Å². The van der Waals surface area contributed by atoms with Gasteiger partial charge in [-0.25, -0.2) is 9.72 Å². The molecule has 0 atom stereocenters. The lowest BCUT2D eigenvalue weighted by atomic mass is 10.1. The monoisotopic (exact) mass is 237 g/mol. The van der Waals surface area contributed by atoms with Crippen molar-refractivity contribution in [1.29, 1.82) is 0 Å². The first kappa shape index (κ1) is 13.6. The number of hydrogen-bond acceptors (Lipinski definition) is 4. The quantitative estimate of drug-likeness (QED) is 0.364. The van der Waals surface area contributed by atoms with Gasteiger partial charge in [-0.05, 0) is 13.8 Å². The molecule has 0 unspecified atom stereocenters. The maximum absolute atomic E-state index is 11.8. The third-order valence-corrected chi connectivity index (χ3v) is 2.43. The van der Waals surface area contributed by atoms with Gasteiger partial charge in [-0.1, -0.05) is 0 Å². The summed E-state index contributed by atoms with van der Waals surface area (Å²) in [5, 5.41) is 20.9. The molecule has 0 aliphatic heterocycles. The average molecular weight is 237 g/mol. The Morgan fingerprint density at radius 2 is 1.82 bits per heavy atom. The minimum absolute atomic E-state index is 0.139. The van der Waals surface area contributed by atoms with E-state index in [1.165, 1.54) is 6.21 Å². The molecule has 0 bridgehead atoms. The molecule has 0 spiro atoms. The lowest BCUT2D eigenvalue weighted by Crippen LogP contribution is -2.29. The molecule has 0 saturated heterocycles. The van der Waals surface area contributed by atoms with Crippen molar-refractivity contribution in [3.05, 3.63) is 28.0 Å². The van der Waals surface area contributed by atoms with E-state index in [9.17, 15) is 5.21 Å². The van der Waals surface area contributed by atoms with Crippen LogP contribution in [-0.4, -0.2) is 31.6 Å². The van der Waals surface area contributed by atoms with Gasteiger partial charge in [-0.3, -0.25) is 4.98 Å². The summed E-state index contributed by atoms with van der Waals surface area (Å²) < 4.78 is 0.863. The van der Waals surface area contributed by atoms with Gasteiger partial charge in [0, 0.05) is 20.8 Å². The highest BCUT2D eigenvalue weighted by atomic mass is 16.5. The Kier molecular flexibility index (Phi) is 3.83. The molecule has 0 radical (unpaired) electrons. The van der Waals surface area contributed by atoms with E-state index in [0.717, 1.165) is 4.74 Å². The minimum Gasteiger partial charge on any atom is -0.623 e. The van der Waals surface area contributed by atoms with E-state index in [-0.39, 0.29) is 6.61 Å². The van der Waals surface area contributed by atoms with Gasteiger partial charge < -0.3 is 10.3 Å². The molecule has 1 heterocycles. The van der Waals surface area contributed by atoms with Crippen LogP contribution in [-0.2, 0) is 6.61 Å². The second kappa shape index (κ2) is 4.79. The third-order valence-electron chi connectivity index (χ3n) is 2.43. The first-order valence-corrected chi connectivity index (χ1v) is 5.52. The van der Waals surface area contributed by atoms with Crippen molar-refractivity contribution in [2.24, 2.45) is 0 Å². The van der Waals surface area contributed by atoms with Crippen LogP contribution in [0.2, 0.25) is 0 Å². The molecule has 5 heteroatoms. The average Bonchev–Trinajstić information content (AvgIpc) is 2.21. The number of aliphatic hydroxyl groups excluding tert-OH is 1. The second-order valence-corrected chi connectivity index (χ2v) is 5.01. The van der Waals surface area contributed by atoms with Crippen molar-refractivity contribution < 1.29 is 9.85 Å². The van der Waals surface area contributed by atoms with Gasteiger partial charge >= 0.3 is 0 Å². The Morgan fingerprint density at radius 3 is 2.29 bits per heavy atom. The summed E-state index contributed by atoms with van der Waals surface area (Å²) in [6, 6.07) is 0. The SMILES string of the molecule is Cc1nc(CO)c(C)nc1/C=[N+](\[O-])C(C)(C)C. The van der Waals surface area contributed by atoms with Crippen molar-refractivity contribution in [3.8, 4) is 0 Å². The summed E-state index contributed by atoms with van der Waals surface area (Å²) in [4.78, 5) is 8.49. The lowest BCUT2D eigenvalue weighted by molar-refractivity contribution is -0.530. The summed E-state index contributed by atoms with van der Waals surface area (Å²) >= 11 is 0. The van der Waals surface area contributed by atoms with E-state index in [4.69, 9.17) is 5.11 Å². The third kappa shape index (κ3) is 3.23. The van der Waals surface area contributed by atoms with E-state index < -0.39 is 5.54 Å². The van der Waals surface area contributed by atoms with Crippen molar-refractivity contribution >= 4 is 6.21 Å². The van der Waals surface area contributed by atoms with Crippen LogP contribution in [0.1, 0.15) is 43.5 Å². The number of rotatable bonds is 2. The molecule has 17 heavy (non-hydrogen) atoms. The fourth-order valence-electron chi connectivity index (χ4n) is 1.24. The molecule has 1 N–H and O–H groups in total. The number of aryl methyl sites for hydroxylation is 2. The zero-order valence-electron chi connectivity index (χ0n) is 11.0. The standard InChI is InChI=1S/C12H19N3O2/c1-8-10(6-15(17)12(3,4)5)13-9(2)11(7-16)14-8/h6,16H,7H2,1-5H3/b15-6-. The Bertz CT molecular complexity index is 448. The molecule has 0 aliphatic rings. The molecule has 0 fully saturated rings. The zero-order valence-corrected chi connectivity index (χ0v) is 11.0. The summed E-state index contributed by atoms with van der Waals surface area (Å²) in [6.45, 7) is 8.88. The largest absolute Gasteiger partial charge is 0.623 e. The van der Waals surface area contributed by atoms with Crippen molar-refractivity contribution in [2.45, 2.75) is 46.8 Å². The van der Waals surface area contributed by atoms with Gasteiger partial charge in [0.25, 0.3) is 0 Å². The molecule has 0 aromatic carbocycles. The number of hydroxylamine groups is 1. The maximum Gasteiger partial charge on any atom is 0.202 e. The highest BCUT2D eigenvalue weighted by Gasteiger charge is 2.19. The van der Waals surface area contributed by atoms with Crippen molar-refractivity contribution in [1.82, 2.24) is 9.97 Å². The Hall–Kier alpha value is -1.49. The highest BCUT2D eigenvalue weighted by molar-refractivity contribution is 5.74. The lowest BCUT2D eigenvalue weighted by Gasteiger charge is -2.18. The van der Waals surface area contributed by atoms with Gasteiger partial charge in [0.2, 0.25) is 6.21 Å². The van der Waals surface area contributed by atoms with Crippen LogP contribution < -0.4 is 0 Å². The van der Waals surface area contributed by atoms with Crippen LogP contribution in [0.3, 0.4) is 0 Å². The predicted molar refractivity (Wildman–Crippen MR) is 66.0 cm³/mol. The molecule has 1 aromatic rings. The molecule has 0 saturated carbocycles. The Labute approximate surface area is 101 Å².